The zero-order chi connectivity index (χ0) is 28.5. The summed E-state index contributed by atoms with van der Waals surface area (Å²) in [5.74, 6) is -0.961. The van der Waals surface area contributed by atoms with Crippen molar-refractivity contribution in [2.75, 3.05) is 6.61 Å². The summed E-state index contributed by atoms with van der Waals surface area (Å²) in [7, 11) is -2.80. The third-order valence-electron chi connectivity index (χ3n) is 6.80. The molecular weight excluding hydrogens is 561 g/mol. The number of benzene rings is 5. The largest absolute Gasteiger partial charge is 1.00 e. The highest BCUT2D eigenvalue weighted by Crippen LogP contribution is 2.67. The van der Waals surface area contributed by atoms with E-state index in [9.17, 15) is 9.59 Å². The second kappa shape index (κ2) is 14.4. The smallest absolute Gasteiger partial charge is 0.359 e. The van der Waals surface area contributed by atoms with Gasteiger partial charge in [0.15, 0.2) is 5.70 Å². The molecule has 1 amide bonds. The van der Waals surface area contributed by atoms with Crippen LogP contribution in [0.1, 0.15) is 22.8 Å². The predicted molar refractivity (Wildman–Crippen MR) is 169 cm³/mol. The van der Waals surface area contributed by atoms with E-state index in [1.54, 1.807) is 31.2 Å². The molecule has 5 rings (SSSR count). The summed E-state index contributed by atoms with van der Waals surface area (Å²) >= 11 is 0. The molecule has 1 N–H and O–H groups in total. The molecule has 0 heterocycles. The number of halogens is 1. The van der Waals surface area contributed by atoms with Crippen LogP contribution in [0.15, 0.2) is 157 Å². The van der Waals surface area contributed by atoms with E-state index in [0.717, 1.165) is 26.8 Å². The molecular formula is C36H31ClNO3P. The third kappa shape index (κ3) is 6.21. The lowest BCUT2D eigenvalue weighted by molar-refractivity contribution is -0.138. The van der Waals surface area contributed by atoms with E-state index < -0.39 is 13.2 Å². The van der Waals surface area contributed by atoms with E-state index >= 15 is 0 Å². The molecule has 0 unspecified atom stereocenters. The van der Waals surface area contributed by atoms with Crippen LogP contribution < -0.4 is 33.6 Å². The van der Waals surface area contributed by atoms with E-state index in [1.165, 1.54) is 0 Å². The first-order valence-electron chi connectivity index (χ1n) is 13.6. The minimum absolute atomic E-state index is 0. The number of hydrogen-bond donors (Lipinski definition) is 1. The average Bonchev–Trinajstić information content (AvgIpc) is 3.05. The van der Waals surface area contributed by atoms with E-state index in [2.05, 4.69) is 41.7 Å². The van der Waals surface area contributed by atoms with E-state index in [1.807, 2.05) is 91.0 Å². The van der Waals surface area contributed by atoms with Gasteiger partial charge in [0.2, 0.25) is 0 Å². The van der Waals surface area contributed by atoms with Gasteiger partial charge in [-0.3, -0.25) is 4.79 Å². The Morgan fingerprint density at radius 3 is 1.31 bits per heavy atom. The molecule has 0 aliphatic rings. The van der Waals surface area contributed by atoms with Gasteiger partial charge in [-0.2, -0.15) is 0 Å². The molecule has 0 saturated carbocycles. The Hall–Kier alpha value is -4.50. The molecule has 0 aliphatic carbocycles. The van der Waals surface area contributed by atoms with Crippen molar-refractivity contribution in [3.8, 4) is 0 Å². The van der Waals surface area contributed by atoms with Crippen molar-refractivity contribution in [3.63, 3.8) is 0 Å². The Morgan fingerprint density at radius 2 is 0.929 bits per heavy atom. The van der Waals surface area contributed by atoms with Crippen molar-refractivity contribution in [2.45, 2.75) is 6.92 Å². The Labute approximate surface area is 253 Å². The fraction of sp³-hybridized carbons (Fsp3) is 0.0556. The standard InChI is InChI=1S/C36H30NO3P.ClH/c1-2-40-36(39)33(37-35(38)29-20-10-4-11-21-29)34(28-18-8-3-9-19-28)41(30-22-12-5-13-23-30,31-24-14-6-15-25-31)32-26-16-7-17-27-32;/h3-27H,2H2,1H3;1H/b34-33-;. The number of carbonyl (C=O) groups excluding carboxylic acids is 2. The van der Waals surface area contributed by atoms with Crippen LogP contribution in [0.25, 0.3) is 5.31 Å². The molecule has 0 aliphatic heterocycles. The minimum Gasteiger partial charge on any atom is -1.00 e. The van der Waals surface area contributed by atoms with Crippen LogP contribution in [0.5, 0.6) is 0 Å². The summed E-state index contributed by atoms with van der Waals surface area (Å²) in [4.78, 5) is 27.7. The molecule has 42 heavy (non-hydrogen) atoms. The quantitative estimate of drug-likeness (QED) is 0.163. The van der Waals surface area contributed by atoms with Crippen LogP contribution in [-0.2, 0) is 9.53 Å². The molecule has 0 spiro atoms. The zero-order valence-corrected chi connectivity index (χ0v) is 24.8. The van der Waals surface area contributed by atoms with E-state index in [-0.39, 0.29) is 30.6 Å². The normalized spacial score (nSPS) is 11.5. The van der Waals surface area contributed by atoms with Crippen molar-refractivity contribution < 1.29 is 26.7 Å². The van der Waals surface area contributed by atoms with Gasteiger partial charge in [0.1, 0.15) is 28.5 Å². The average molecular weight is 592 g/mol. The van der Waals surface area contributed by atoms with Gasteiger partial charge in [0, 0.05) is 11.1 Å². The molecule has 0 bridgehead atoms. The molecule has 0 saturated heterocycles. The van der Waals surface area contributed by atoms with Gasteiger partial charge < -0.3 is 22.5 Å². The van der Waals surface area contributed by atoms with Crippen LogP contribution >= 0.6 is 7.26 Å². The lowest BCUT2D eigenvalue weighted by atomic mass is 10.1. The first kappa shape index (κ1) is 30.5. The van der Waals surface area contributed by atoms with Crippen LogP contribution in [-0.4, -0.2) is 18.5 Å². The number of hydrogen-bond acceptors (Lipinski definition) is 3. The highest BCUT2D eigenvalue weighted by molar-refractivity contribution is 8.03. The number of amides is 1. The monoisotopic (exact) mass is 591 g/mol. The van der Waals surface area contributed by atoms with Gasteiger partial charge in [0.25, 0.3) is 5.91 Å². The first-order chi connectivity index (χ1) is 20.2. The SMILES string of the molecule is CCOC(=O)/C(NC(=O)c1ccccc1)=C(\c1ccccc1)[P+](c1ccccc1)(c1ccccc1)c1ccccc1.[Cl-]. The third-order valence-corrected chi connectivity index (χ3v) is 11.2. The van der Waals surface area contributed by atoms with Crippen LogP contribution in [0.4, 0.5) is 0 Å². The highest BCUT2D eigenvalue weighted by Gasteiger charge is 2.53. The maximum absolute atomic E-state index is 14.0. The van der Waals surface area contributed by atoms with Crippen molar-refractivity contribution in [1.29, 1.82) is 0 Å². The van der Waals surface area contributed by atoms with Crippen molar-refractivity contribution in [1.82, 2.24) is 5.32 Å². The van der Waals surface area contributed by atoms with Crippen LogP contribution in [0, 0.1) is 0 Å². The van der Waals surface area contributed by atoms with Crippen molar-refractivity contribution in [2.24, 2.45) is 0 Å². The number of esters is 1. The Kier molecular flexibility index (Phi) is 10.4. The molecule has 5 aromatic rings. The number of rotatable bonds is 9. The van der Waals surface area contributed by atoms with Gasteiger partial charge in [-0.1, -0.05) is 103 Å². The molecule has 6 heteroatoms. The fourth-order valence-electron chi connectivity index (χ4n) is 5.08. The number of carbonyl (C=O) groups is 2. The number of ether oxygens (including phenoxy) is 1. The lowest BCUT2D eigenvalue weighted by Crippen LogP contribution is -3.00. The van der Waals surface area contributed by atoms with Gasteiger partial charge >= 0.3 is 5.97 Å². The second-order valence-corrected chi connectivity index (χ2v) is 12.6. The van der Waals surface area contributed by atoms with Crippen molar-refractivity contribution >= 4 is 40.4 Å². The molecule has 0 radical (unpaired) electrons. The second-order valence-electron chi connectivity index (χ2n) is 9.31. The maximum Gasteiger partial charge on any atom is 0.359 e. The highest BCUT2D eigenvalue weighted by atomic mass is 35.5. The minimum atomic E-state index is -2.80. The number of nitrogens with one attached hydrogen (secondary N) is 1. The molecule has 4 nitrogen and oxygen atoms in total. The predicted octanol–water partition coefficient (Wildman–Crippen LogP) is 3.35. The van der Waals surface area contributed by atoms with Gasteiger partial charge in [-0.25, -0.2) is 4.79 Å². The topological polar surface area (TPSA) is 55.4 Å². The fourth-order valence-corrected chi connectivity index (χ4v) is 9.62. The van der Waals surface area contributed by atoms with E-state index in [0.29, 0.717) is 5.56 Å². The van der Waals surface area contributed by atoms with E-state index in [4.69, 9.17) is 4.74 Å². The van der Waals surface area contributed by atoms with Gasteiger partial charge in [-0.15, -0.1) is 0 Å². The molecule has 210 valence electrons. The molecule has 0 atom stereocenters. The summed E-state index contributed by atoms with van der Waals surface area (Å²) in [6.07, 6.45) is 0. The maximum atomic E-state index is 14.0. The van der Waals surface area contributed by atoms with Crippen LogP contribution in [0.3, 0.4) is 0 Å². The summed E-state index contributed by atoms with van der Waals surface area (Å²) in [5.41, 5.74) is 1.41. The molecule has 0 aromatic heterocycles. The molecule has 0 fully saturated rings. The summed E-state index contributed by atoms with van der Waals surface area (Å²) in [6.45, 7) is 1.93. The first-order valence-corrected chi connectivity index (χ1v) is 15.3. The summed E-state index contributed by atoms with van der Waals surface area (Å²) in [5, 5.41) is 6.90. The lowest BCUT2D eigenvalue weighted by Gasteiger charge is -2.31. The van der Waals surface area contributed by atoms with Crippen LogP contribution in [0.2, 0.25) is 0 Å². The Morgan fingerprint density at radius 1 is 0.571 bits per heavy atom. The zero-order valence-electron chi connectivity index (χ0n) is 23.2. The summed E-state index contributed by atoms with van der Waals surface area (Å²) in [6, 6.07) is 49.5. The molecule has 5 aromatic carbocycles. The van der Waals surface area contributed by atoms with Crippen molar-refractivity contribution in [3.05, 3.63) is 168 Å². The Bertz CT molecular complexity index is 1530. The van der Waals surface area contributed by atoms with Gasteiger partial charge in [0.05, 0.1) is 6.61 Å². The summed E-state index contributed by atoms with van der Waals surface area (Å²) < 4.78 is 5.65. The van der Waals surface area contributed by atoms with Gasteiger partial charge in [-0.05, 0) is 55.5 Å². The Balaban J connectivity index is 0.00000405.